The minimum Gasteiger partial charge on any atom is -0.408 e. The second kappa shape index (κ2) is 5.40. The number of benzene rings is 1. The summed E-state index contributed by atoms with van der Waals surface area (Å²) in [5.41, 5.74) is 2.53. The van der Waals surface area contributed by atoms with Gasteiger partial charge in [0.2, 0.25) is 0 Å². The van der Waals surface area contributed by atoms with Crippen LogP contribution in [0.3, 0.4) is 0 Å². The maximum atomic E-state index is 11.4. The maximum Gasteiger partial charge on any atom is 0.419 e. The molecule has 2 aromatic rings. The first-order chi connectivity index (χ1) is 8.97. The Kier molecular flexibility index (Phi) is 3.85. The number of nitrogens with zero attached hydrogens (tertiary/aromatic N) is 2. The van der Waals surface area contributed by atoms with E-state index in [-0.39, 0.29) is 11.5 Å². The molecule has 0 aliphatic carbocycles. The second-order valence-corrected chi connectivity index (χ2v) is 4.92. The van der Waals surface area contributed by atoms with Gasteiger partial charge < -0.3 is 4.42 Å². The number of oxazole rings is 1. The fourth-order valence-corrected chi connectivity index (χ4v) is 2.11. The average Bonchev–Trinajstić information content (AvgIpc) is 2.62. The number of ketones is 1. The number of aromatic nitrogens is 1. The number of rotatable bonds is 5. The lowest BCUT2D eigenvalue weighted by atomic mass is 10.1. The molecule has 5 heteroatoms. The Morgan fingerprint density at radius 2 is 2.16 bits per heavy atom. The number of aryl methyl sites for hydroxylation is 1. The van der Waals surface area contributed by atoms with Crippen LogP contribution in [0.4, 0.5) is 0 Å². The third-order valence-corrected chi connectivity index (χ3v) is 3.13. The van der Waals surface area contributed by atoms with Crippen LogP contribution in [0.2, 0.25) is 0 Å². The van der Waals surface area contributed by atoms with Crippen molar-refractivity contribution in [3.8, 4) is 0 Å². The van der Waals surface area contributed by atoms with Gasteiger partial charge in [-0.3, -0.25) is 14.3 Å². The predicted molar refractivity (Wildman–Crippen MR) is 73.3 cm³/mol. The Morgan fingerprint density at radius 1 is 1.42 bits per heavy atom. The molecule has 0 unspecified atom stereocenters. The topological polar surface area (TPSA) is 55.5 Å². The summed E-state index contributed by atoms with van der Waals surface area (Å²) in [5.74, 6) is -0.184. The van der Waals surface area contributed by atoms with Crippen LogP contribution in [0, 0.1) is 0 Å². The lowest BCUT2D eigenvalue weighted by molar-refractivity contribution is -0.117. The van der Waals surface area contributed by atoms with Crippen LogP contribution < -0.4 is 5.76 Å². The number of hydrogen-bond donors (Lipinski definition) is 0. The molecular formula is C14H18N2O3. The van der Waals surface area contributed by atoms with Gasteiger partial charge in [0.05, 0.1) is 12.1 Å². The Labute approximate surface area is 111 Å². The SMILES string of the molecule is CC(=O)CN(C)CCc1ccc2oc(=O)n(C)c2c1. The standard InChI is InChI=1S/C14H18N2O3/c1-10(17)9-15(2)7-6-11-4-5-13-12(8-11)16(3)14(18)19-13/h4-5,8H,6-7,9H2,1-3H3. The van der Waals surface area contributed by atoms with Crippen LogP contribution in [0.5, 0.6) is 0 Å². The number of likely N-dealkylation sites (N-methyl/N-ethyl adjacent to an activating group) is 1. The molecule has 102 valence electrons. The molecule has 1 aromatic heterocycles. The Hall–Kier alpha value is -1.88. The minimum atomic E-state index is -0.346. The van der Waals surface area contributed by atoms with Crippen LogP contribution in [0.25, 0.3) is 11.1 Å². The zero-order chi connectivity index (χ0) is 14.0. The van der Waals surface area contributed by atoms with E-state index in [4.69, 9.17) is 4.42 Å². The van der Waals surface area contributed by atoms with Gasteiger partial charge in [0.15, 0.2) is 5.58 Å². The molecule has 0 fully saturated rings. The van der Waals surface area contributed by atoms with Crippen LogP contribution >= 0.6 is 0 Å². The molecule has 0 radical (unpaired) electrons. The summed E-state index contributed by atoms with van der Waals surface area (Å²) in [7, 11) is 3.62. The molecule has 19 heavy (non-hydrogen) atoms. The van der Waals surface area contributed by atoms with E-state index in [0.717, 1.165) is 24.0 Å². The van der Waals surface area contributed by atoms with Crippen LogP contribution in [-0.2, 0) is 18.3 Å². The van der Waals surface area contributed by atoms with Crippen molar-refractivity contribution < 1.29 is 9.21 Å². The quantitative estimate of drug-likeness (QED) is 0.812. The molecule has 0 bridgehead atoms. The summed E-state index contributed by atoms with van der Waals surface area (Å²) < 4.78 is 6.58. The fourth-order valence-electron chi connectivity index (χ4n) is 2.11. The monoisotopic (exact) mass is 262 g/mol. The van der Waals surface area contributed by atoms with Crippen LogP contribution in [-0.4, -0.2) is 35.4 Å². The van der Waals surface area contributed by atoms with Crippen LogP contribution in [0.1, 0.15) is 12.5 Å². The van der Waals surface area contributed by atoms with Gasteiger partial charge in [0, 0.05) is 13.6 Å². The molecule has 5 nitrogen and oxygen atoms in total. The molecule has 0 saturated carbocycles. The van der Waals surface area contributed by atoms with E-state index in [1.54, 1.807) is 14.0 Å². The number of carbonyl (C=O) groups excluding carboxylic acids is 1. The molecule has 0 N–H and O–H groups in total. The maximum absolute atomic E-state index is 11.4. The summed E-state index contributed by atoms with van der Waals surface area (Å²) in [6.07, 6.45) is 0.832. The van der Waals surface area contributed by atoms with E-state index in [9.17, 15) is 9.59 Å². The van der Waals surface area contributed by atoms with Gasteiger partial charge in [0.25, 0.3) is 0 Å². The first kappa shape index (κ1) is 13.5. The smallest absolute Gasteiger partial charge is 0.408 e. The second-order valence-electron chi connectivity index (χ2n) is 4.92. The summed E-state index contributed by atoms with van der Waals surface area (Å²) in [6, 6.07) is 5.73. The molecule has 0 aliphatic rings. The highest BCUT2D eigenvalue weighted by molar-refractivity contribution is 5.77. The van der Waals surface area contributed by atoms with Gasteiger partial charge in [-0.2, -0.15) is 0 Å². The Morgan fingerprint density at radius 3 is 2.84 bits per heavy atom. The van der Waals surface area contributed by atoms with Crippen molar-refractivity contribution in [2.45, 2.75) is 13.3 Å². The lowest BCUT2D eigenvalue weighted by Crippen LogP contribution is -2.26. The van der Waals surface area contributed by atoms with Gasteiger partial charge in [-0.15, -0.1) is 0 Å². The first-order valence-electron chi connectivity index (χ1n) is 6.24. The van der Waals surface area contributed by atoms with E-state index in [1.807, 2.05) is 30.1 Å². The lowest BCUT2D eigenvalue weighted by Gasteiger charge is -2.14. The van der Waals surface area contributed by atoms with Gasteiger partial charge in [0.1, 0.15) is 5.78 Å². The zero-order valence-electron chi connectivity index (χ0n) is 11.5. The number of carbonyl (C=O) groups is 1. The summed E-state index contributed by atoms with van der Waals surface area (Å²) in [6.45, 7) is 2.85. The van der Waals surface area contributed by atoms with Gasteiger partial charge in [-0.25, -0.2) is 4.79 Å². The molecule has 0 atom stereocenters. The number of hydrogen-bond acceptors (Lipinski definition) is 4. The minimum absolute atomic E-state index is 0.162. The predicted octanol–water partition coefficient (Wildman–Crippen LogP) is 1.19. The third-order valence-electron chi connectivity index (χ3n) is 3.13. The van der Waals surface area contributed by atoms with E-state index < -0.39 is 0 Å². The summed E-state index contributed by atoms with van der Waals surface area (Å²) in [4.78, 5) is 24.4. The van der Waals surface area contributed by atoms with Crippen LogP contribution in [0.15, 0.2) is 27.4 Å². The van der Waals surface area contributed by atoms with E-state index in [1.165, 1.54) is 4.57 Å². The largest absolute Gasteiger partial charge is 0.419 e. The molecule has 0 amide bonds. The van der Waals surface area contributed by atoms with Crippen molar-refractivity contribution in [1.29, 1.82) is 0 Å². The van der Waals surface area contributed by atoms with Gasteiger partial charge in [-0.1, -0.05) is 6.07 Å². The molecule has 0 saturated heterocycles. The Balaban J connectivity index is 2.11. The third kappa shape index (κ3) is 3.12. The van der Waals surface area contributed by atoms with Crippen molar-refractivity contribution in [3.63, 3.8) is 0 Å². The zero-order valence-corrected chi connectivity index (χ0v) is 11.5. The summed E-state index contributed by atoms with van der Waals surface area (Å²) >= 11 is 0. The van der Waals surface area contributed by atoms with Crippen molar-refractivity contribution in [2.24, 2.45) is 7.05 Å². The normalized spacial score (nSPS) is 11.4. The highest BCUT2D eigenvalue weighted by atomic mass is 16.4. The molecule has 1 heterocycles. The molecule has 0 spiro atoms. The van der Waals surface area contributed by atoms with E-state index >= 15 is 0 Å². The average molecular weight is 262 g/mol. The molecular weight excluding hydrogens is 244 g/mol. The van der Waals surface area contributed by atoms with Crippen molar-refractivity contribution in [2.75, 3.05) is 20.1 Å². The highest BCUT2D eigenvalue weighted by Crippen LogP contribution is 2.14. The Bertz CT molecular complexity index is 654. The molecule has 0 aliphatic heterocycles. The fraction of sp³-hybridized carbons (Fsp3) is 0.429. The number of fused-ring (bicyclic) bond motifs is 1. The van der Waals surface area contributed by atoms with Crippen molar-refractivity contribution in [1.82, 2.24) is 9.47 Å². The van der Waals surface area contributed by atoms with Crippen molar-refractivity contribution >= 4 is 16.9 Å². The molecule has 2 rings (SSSR count). The van der Waals surface area contributed by atoms with E-state index in [2.05, 4.69) is 0 Å². The summed E-state index contributed by atoms with van der Waals surface area (Å²) in [5, 5.41) is 0. The number of Topliss-reactive ketones (excluding diaryl/α,β-unsaturated/α-hetero) is 1. The van der Waals surface area contributed by atoms with Gasteiger partial charge >= 0.3 is 5.76 Å². The van der Waals surface area contributed by atoms with Crippen molar-refractivity contribution in [3.05, 3.63) is 34.3 Å². The van der Waals surface area contributed by atoms with E-state index in [0.29, 0.717) is 12.1 Å². The highest BCUT2D eigenvalue weighted by Gasteiger charge is 2.07. The van der Waals surface area contributed by atoms with Gasteiger partial charge in [-0.05, 0) is 38.1 Å². The first-order valence-corrected chi connectivity index (χ1v) is 6.24. The molecule has 1 aromatic carbocycles.